The summed E-state index contributed by atoms with van der Waals surface area (Å²) in [6, 6.07) is 74.7. The summed E-state index contributed by atoms with van der Waals surface area (Å²) in [5, 5.41) is 18.2. The minimum atomic E-state index is 1.26. The Balaban J connectivity index is 0.000000138. The molecule has 11 rings (SSSR count). The van der Waals surface area contributed by atoms with Gasteiger partial charge in [-0.25, -0.2) is 0 Å². The lowest BCUT2D eigenvalue weighted by Gasteiger charge is -2.12. The van der Waals surface area contributed by atoms with Crippen LogP contribution >= 0.6 is 0 Å². The molecule has 0 heteroatoms. The maximum absolute atomic E-state index is 2.38. The first-order valence-electron chi connectivity index (χ1n) is 19.0. The molecule has 0 aliphatic heterocycles. The van der Waals surface area contributed by atoms with E-state index >= 15 is 0 Å². The summed E-state index contributed by atoms with van der Waals surface area (Å²) in [5.41, 5.74) is 5.12. The Bertz CT molecular complexity index is 3110. The van der Waals surface area contributed by atoms with Crippen molar-refractivity contribution in [1.82, 2.24) is 0 Å². The first kappa shape index (κ1) is 33.1. The van der Waals surface area contributed by atoms with Crippen LogP contribution in [0, 0.1) is 0 Å². The van der Waals surface area contributed by atoms with Crippen molar-refractivity contribution in [2.24, 2.45) is 0 Å². The van der Waals surface area contributed by atoms with E-state index in [1.165, 1.54) is 97.7 Å². The smallest absolute Gasteiger partial charge is 0.00986 e. The predicted octanol–water partition coefficient (Wildman–Crippen LogP) is 15.8. The third-order valence-corrected chi connectivity index (χ3v) is 10.6. The molecule has 0 atom stereocenters. The zero-order valence-electron chi connectivity index (χ0n) is 30.6. The van der Waals surface area contributed by atoms with Gasteiger partial charge in [-0.3, -0.25) is 0 Å². The fraction of sp³-hybridized carbons (Fsp3) is 0.0370. The van der Waals surface area contributed by atoms with Crippen LogP contribution in [0.4, 0.5) is 0 Å². The van der Waals surface area contributed by atoms with Gasteiger partial charge in [0.1, 0.15) is 0 Å². The molecule has 0 saturated heterocycles. The second-order valence-corrected chi connectivity index (χ2v) is 13.7. The van der Waals surface area contributed by atoms with E-state index < -0.39 is 0 Å². The largest absolute Gasteiger partial charge is 0.0683 e. The molecule has 0 N–H and O–H groups in total. The van der Waals surface area contributed by atoms with E-state index in [0.29, 0.717) is 0 Å². The van der Waals surface area contributed by atoms with Crippen LogP contribution in [0.1, 0.15) is 13.8 Å². The Labute approximate surface area is 316 Å². The van der Waals surface area contributed by atoms with Crippen LogP contribution in [-0.4, -0.2) is 0 Å². The highest BCUT2D eigenvalue weighted by Gasteiger charge is 2.10. The van der Waals surface area contributed by atoms with Crippen molar-refractivity contribution in [3.05, 3.63) is 206 Å². The Hall–Kier alpha value is -6.76. The van der Waals surface area contributed by atoms with Gasteiger partial charge in [-0.2, -0.15) is 0 Å². The lowest BCUT2D eigenvalue weighted by Crippen LogP contribution is -1.85. The highest BCUT2D eigenvalue weighted by atomic mass is 14.1. The molecule has 0 unspecified atom stereocenters. The van der Waals surface area contributed by atoms with Crippen LogP contribution in [0.2, 0.25) is 0 Å². The lowest BCUT2D eigenvalue weighted by atomic mass is 9.91. The van der Waals surface area contributed by atoms with Crippen molar-refractivity contribution >= 4 is 75.4 Å². The van der Waals surface area contributed by atoms with Crippen molar-refractivity contribution in [2.75, 3.05) is 0 Å². The number of benzene rings is 11. The van der Waals surface area contributed by atoms with Crippen molar-refractivity contribution in [2.45, 2.75) is 13.8 Å². The van der Waals surface area contributed by atoms with Gasteiger partial charge in [-0.15, -0.1) is 0 Å². The van der Waals surface area contributed by atoms with Crippen LogP contribution in [0.3, 0.4) is 0 Å². The third kappa shape index (κ3) is 6.02. The van der Waals surface area contributed by atoms with Gasteiger partial charge < -0.3 is 0 Å². The predicted molar refractivity (Wildman–Crippen MR) is 238 cm³/mol. The molecule has 0 bridgehead atoms. The van der Waals surface area contributed by atoms with E-state index in [1.807, 2.05) is 13.8 Å². The Morgan fingerprint density at radius 3 is 1.31 bits per heavy atom. The molecule has 54 heavy (non-hydrogen) atoms. The molecular weight excluding hydrogens is 649 g/mol. The second kappa shape index (κ2) is 14.3. The van der Waals surface area contributed by atoms with Crippen molar-refractivity contribution in [3.8, 4) is 22.3 Å². The lowest BCUT2D eigenvalue weighted by molar-refractivity contribution is 1.50. The van der Waals surface area contributed by atoms with Gasteiger partial charge in [0.15, 0.2) is 0 Å². The molecule has 11 aromatic carbocycles. The average molecular weight is 689 g/mol. The van der Waals surface area contributed by atoms with Crippen LogP contribution in [-0.2, 0) is 0 Å². The van der Waals surface area contributed by atoms with Gasteiger partial charge in [0.25, 0.3) is 0 Å². The summed E-state index contributed by atoms with van der Waals surface area (Å²) >= 11 is 0. The van der Waals surface area contributed by atoms with Gasteiger partial charge in [0.2, 0.25) is 0 Å². The van der Waals surface area contributed by atoms with Crippen molar-refractivity contribution in [1.29, 1.82) is 0 Å². The molecule has 0 aliphatic rings. The monoisotopic (exact) mass is 688 g/mol. The normalized spacial score (nSPS) is 11.1. The maximum Gasteiger partial charge on any atom is -0.00986 e. The minimum Gasteiger partial charge on any atom is -0.0683 e. The maximum atomic E-state index is 2.38. The first-order chi connectivity index (χ1) is 26.8. The molecule has 0 aliphatic carbocycles. The minimum absolute atomic E-state index is 1.26. The number of fused-ring (bicyclic) bond motifs is 9. The number of hydrogen-bond acceptors (Lipinski definition) is 0. The Kier molecular flexibility index (Phi) is 8.79. The molecule has 0 heterocycles. The molecule has 0 spiro atoms. The zero-order chi connectivity index (χ0) is 36.4. The second-order valence-electron chi connectivity index (χ2n) is 13.7. The molecular formula is C54H40. The number of rotatable bonds is 2. The first-order valence-corrected chi connectivity index (χ1v) is 19.0. The quantitative estimate of drug-likeness (QED) is 0.125. The third-order valence-electron chi connectivity index (χ3n) is 10.6. The van der Waals surface area contributed by atoms with Gasteiger partial charge in [0.05, 0.1) is 0 Å². The molecule has 0 aromatic heterocycles. The van der Waals surface area contributed by atoms with Gasteiger partial charge in [-0.1, -0.05) is 190 Å². The van der Waals surface area contributed by atoms with E-state index in [1.54, 1.807) is 0 Å². The summed E-state index contributed by atoms with van der Waals surface area (Å²) in [7, 11) is 0. The van der Waals surface area contributed by atoms with Gasteiger partial charge in [-0.05, 0) is 128 Å². The molecule has 0 saturated carbocycles. The SMILES string of the molecule is CC.c1ccc(-c2ccc3cc4c(ccc5ccccc54)cc3c2)cc1.c1ccc2c(-c3cccc4cc5ccc6ccccc6c5cc34)cccc2c1. The molecule has 0 nitrogen and oxygen atoms in total. The van der Waals surface area contributed by atoms with Crippen LogP contribution in [0.15, 0.2) is 206 Å². The standard InChI is InChI=1S/C28H18.C24H16.C2H6/c1-3-11-23-19(7-1)9-5-13-25(23)26-14-6-10-21-17-22-16-15-20-8-2-4-12-24(20)27(22)18-28(21)26;1-2-6-17(7-3-1)19-11-12-20-16-24-21(15-22(20)14-19)13-10-18-8-4-5-9-23(18)24;1-2/h1-18H;1-16H;1-2H3. The summed E-state index contributed by atoms with van der Waals surface area (Å²) in [5.74, 6) is 0. The fourth-order valence-corrected chi connectivity index (χ4v) is 8.04. The zero-order valence-corrected chi connectivity index (χ0v) is 30.6. The molecule has 0 amide bonds. The van der Waals surface area contributed by atoms with E-state index in [4.69, 9.17) is 0 Å². The van der Waals surface area contributed by atoms with E-state index in [-0.39, 0.29) is 0 Å². The van der Waals surface area contributed by atoms with E-state index in [9.17, 15) is 0 Å². The molecule has 0 fully saturated rings. The van der Waals surface area contributed by atoms with Crippen LogP contribution in [0.5, 0.6) is 0 Å². The summed E-state index contributed by atoms with van der Waals surface area (Å²) in [6.07, 6.45) is 0. The van der Waals surface area contributed by atoms with Crippen LogP contribution < -0.4 is 0 Å². The average Bonchev–Trinajstić information content (AvgIpc) is 3.25. The highest BCUT2D eigenvalue weighted by Crippen LogP contribution is 2.37. The van der Waals surface area contributed by atoms with Crippen LogP contribution in [0.25, 0.3) is 97.7 Å². The van der Waals surface area contributed by atoms with Gasteiger partial charge >= 0.3 is 0 Å². The van der Waals surface area contributed by atoms with E-state index in [0.717, 1.165) is 0 Å². The molecule has 256 valence electrons. The summed E-state index contributed by atoms with van der Waals surface area (Å²) < 4.78 is 0. The fourth-order valence-electron chi connectivity index (χ4n) is 8.04. The van der Waals surface area contributed by atoms with Crippen molar-refractivity contribution in [3.63, 3.8) is 0 Å². The Morgan fingerprint density at radius 2 is 0.648 bits per heavy atom. The van der Waals surface area contributed by atoms with E-state index in [2.05, 4.69) is 206 Å². The number of hydrogen-bond donors (Lipinski definition) is 0. The highest BCUT2D eigenvalue weighted by molar-refractivity contribution is 6.16. The summed E-state index contributed by atoms with van der Waals surface area (Å²) in [6.45, 7) is 4.00. The topological polar surface area (TPSA) is 0 Å². The molecule has 0 radical (unpaired) electrons. The van der Waals surface area contributed by atoms with Gasteiger partial charge in [0, 0.05) is 0 Å². The summed E-state index contributed by atoms with van der Waals surface area (Å²) in [4.78, 5) is 0. The Morgan fingerprint density at radius 1 is 0.204 bits per heavy atom. The van der Waals surface area contributed by atoms with Crippen molar-refractivity contribution < 1.29 is 0 Å². The molecule has 11 aromatic rings.